The number of anilines is 1. The maximum absolute atomic E-state index is 13.6. The fraction of sp³-hybridized carbons (Fsp3) is 0.241. The van der Waals surface area contributed by atoms with Gasteiger partial charge in [-0.3, -0.25) is 4.79 Å². The molecule has 3 heterocycles. The molecule has 1 aliphatic heterocycles. The molecule has 7 nitrogen and oxygen atoms in total. The number of nitrogens with one attached hydrogen (secondary N) is 1. The fourth-order valence-corrected chi connectivity index (χ4v) is 5.20. The van der Waals surface area contributed by atoms with Crippen LogP contribution in [0.25, 0.3) is 11.4 Å². The molecular formula is C29H27Cl2N5O2. The summed E-state index contributed by atoms with van der Waals surface area (Å²) in [5, 5.41) is 17.4. The van der Waals surface area contributed by atoms with E-state index < -0.39 is 0 Å². The number of aromatic nitrogens is 3. The van der Waals surface area contributed by atoms with Crippen LogP contribution in [0, 0.1) is 12.1 Å². The van der Waals surface area contributed by atoms with Gasteiger partial charge >= 0.3 is 0 Å². The average Bonchev–Trinajstić information content (AvgIpc) is 2.91. The van der Waals surface area contributed by atoms with Gasteiger partial charge in [-0.15, -0.1) is 0 Å². The topological polar surface area (TPSA) is 90.8 Å². The van der Waals surface area contributed by atoms with Crippen molar-refractivity contribution in [1.29, 1.82) is 0 Å². The Bertz CT molecular complexity index is 1440. The molecule has 0 saturated carbocycles. The van der Waals surface area contributed by atoms with Crippen LogP contribution in [0.3, 0.4) is 0 Å². The van der Waals surface area contributed by atoms with E-state index in [1.54, 1.807) is 24.5 Å². The number of amides is 1. The van der Waals surface area contributed by atoms with Gasteiger partial charge in [0.1, 0.15) is 11.7 Å². The highest BCUT2D eigenvalue weighted by Gasteiger charge is 2.30. The number of piperidine rings is 1. The molecule has 1 fully saturated rings. The number of halogens is 2. The SMILES string of the molecule is Cc1ccc(NC(=O)c2ccnc(Cl)c2)c(C2CC[N+]([O-])(Cc3ccc(-c4ncc(Cl)cn4)cc3)CC2)c1. The van der Waals surface area contributed by atoms with Crippen molar-refractivity contribution in [3.63, 3.8) is 0 Å². The summed E-state index contributed by atoms with van der Waals surface area (Å²) in [5.41, 5.74) is 5.26. The third-order valence-electron chi connectivity index (χ3n) is 6.96. The highest BCUT2D eigenvalue weighted by molar-refractivity contribution is 6.30. The Labute approximate surface area is 231 Å². The van der Waals surface area contributed by atoms with Crippen molar-refractivity contribution in [2.45, 2.75) is 32.2 Å². The maximum atomic E-state index is 13.6. The fourth-order valence-electron chi connectivity index (χ4n) is 4.93. The first-order valence-corrected chi connectivity index (χ1v) is 13.2. The van der Waals surface area contributed by atoms with Crippen LogP contribution in [-0.4, -0.2) is 38.6 Å². The molecule has 0 spiro atoms. The van der Waals surface area contributed by atoms with E-state index in [4.69, 9.17) is 23.2 Å². The van der Waals surface area contributed by atoms with Gasteiger partial charge in [0, 0.05) is 53.8 Å². The van der Waals surface area contributed by atoms with Crippen molar-refractivity contribution in [1.82, 2.24) is 15.0 Å². The Balaban J connectivity index is 1.25. The molecule has 38 heavy (non-hydrogen) atoms. The molecule has 0 atom stereocenters. The number of aryl methyl sites for hydroxylation is 1. The zero-order valence-electron chi connectivity index (χ0n) is 20.9. The second kappa shape index (κ2) is 11.2. The molecule has 2 aromatic carbocycles. The number of hydrogen-bond donors (Lipinski definition) is 1. The molecule has 194 valence electrons. The van der Waals surface area contributed by atoms with Gasteiger partial charge in [0.05, 0.1) is 18.1 Å². The Morgan fingerprint density at radius 2 is 1.71 bits per heavy atom. The smallest absolute Gasteiger partial charge is 0.255 e. The van der Waals surface area contributed by atoms with Gasteiger partial charge in [-0.2, -0.15) is 0 Å². The van der Waals surface area contributed by atoms with Crippen molar-refractivity contribution < 1.29 is 9.44 Å². The van der Waals surface area contributed by atoms with Crippen molar-refractivity contribution >= 4 is 34.8 Å². The first kappa shape index (κ1) is 26.3. The van der Waals surface area contributed by atoms with Crippen molar-refractivity contribution in [3.8, 4) is 11.4 Å². The molecule has 0 radical (unpaired) electrons. The third kappa shape index (κ3) is 6.19. The highest BCUT2D eigenvalue weighted by atomic mass is 35.5. The van der Waals surface area contributed by atoms with E-state index in [-0.39, 0.29) is 21.6 Å². The summed E-state index contributed by atoms with van der Waals surface area (Å²) in [4.78, 5) is 25.3. The van der Waals surface area contributed by atoms with E-state index >= 15 is 0 Å². The molecule has 4 aromatic rings. The Hall–Kier alpha value is -3.36. The Morgan fingerprint density at radius 1 is 1.00 bits per heavy atom. The zero-order valence-corrected chi connectivity index (χ0v) is 22.4. The minimum absolute atomic E-state index is 0.191. The molecule has 0 bridgehead atoms. The number of quaternary nitrogens is 1. The second-order valence-corrected chi connectivity index (χ2v) is 10.6. The maximum Gasteiger partial charge on any atom is 0.255 e. The number of carbonyl (C=O) groups excluding carboxylic acids is 1. The number of carbonyl (C=O) groups is 1. The number of rotatable bonds is 6. The summed E-state index contributed by atoms with van der Waals surface area (Å²) in [5.74, 6) is 0.549. The first-order chi connectivity index (χ1) is 18.3. The minimum Gasteiger partial charge on any atom is -0.633 e. The van der Waals surface area contributed by atoms with Crippen LogP contribution < -0.4 is 5.32 Å². The predicted octanol–water partition coefficient (Wildman–Crippen LogP) is 6.80. The molecular weight excluding hydrogens is 521 g/mol. The second-order valence-electron chi connectivity index (χ2n) is 9.77. The number of likely N-dealkylation sites (tertiary alicyclic amines) is 1. The number of nitrogens with zero attached hydrogens (tertiary/aromatic N) is 4. The van der Waals surface area contributed by atoms with Gasteiger partial charge in [0.15, 0.2) is 5.82 Å². The van der Waals surface area contributed by atoms with Crippen LogP contribution in [0.5, 0.6) is 0 Å². The van der Waals surface area contributed by atoms with E-state index in [0.29, 0.717) is 36.0 Å². The molecule has 0 unspecified atom stereocenters. The van der Waals surface area contributed by atoms with Crippen LogP contribution in [0.2, 0.25) is 10.2 Å². The zero-order chi connectivity index (χ0) is 26.7. The van der Waals surface area contributed by atoms with E-state index in [0.717, 1.165) is 40.8 Å². The molecule has 1 N–H and O–H groups in total. The number of hydroxylamine groups is 3. The standard InChI is InChI=1S/C29H27Cl2N5O2/c1-19-2-7-26(35-29(37)23-8-11-32-27(31)15-23)25(14-19)21-9-12-36(38,13-10-21)18-20-3-5-22(6-4-20)28-33-16-24(30)17-34-28/h2-8,11,14-17,21H,9-10,12-13,18H2,1H3,(H,35,37). The summed E-state index contributed by atoms with van der Waals surface area (Å²) in [7, 11) is 0. The van der Waals surface area contributed by atoms with Gasteiger partial charge in [-0.05, 0) is 36.6 Å². The first-order valence-electron chi connectivity index (χ1n) is 12.5. The monoisotopic (exact) mass is 547 g/mol. The lowest BCUT2D eigenvalue weighted by molar-refractivity contribution is -0.899. The lowest BCUT2D eigenvalue weighted by Crippen LogP contribution is -2.47. The van der Waals surface area contributed by atoms with Crippen molar-refractivity contribution in [3.05, 3.63) is 111 Å². The van der Waals surface area contributed by atoms with Gasteiger partial charge in [0.25, 0.3) is 5.91 Å². The van der Waals surface area contributed by atoms with Crippen molar-refractivity contribution in [2.24, 2.45) is 0 Å². The molecule has 1 aliphatic rings. The van der Waals surface area contributed by atoms with E-state index in [2.05, 4.69) is 26.3 Å². The summed E-state index contributed by atoms with van der Waals surface area (Å²) < 4.78 is -0.268. The Kier molecular flexibility index (Phi) is 7.72. The molecule has 2 aromatic heterocycles. The van der Waals surface area contributed by atoms with Crippen molar-refractivity contribution in [2.75, 3.05) is 18.4 Å². The molecule has 0 aliphatic carbocycles. The third-order valence-corrected chi connectivity index (χ3v) is 7.36. The van der Waals surface area contributed by atoms with Crippen LogP contribution in [-0.2, 0) is 6.54 Å². The molecule has 9 heteroatoms. The summed E-state index contributed by atoms with van der Waals surface area (Å²) >= 11 is 11.8. The lowest BCUT2D eigenvalue weighted by atomic mass is 9.87. The van der Waals surface area contributed by atoms with Gasteiger partial charge in [0.2, 0.25) is 0 Å². The van der Waals surface area contributed by atoms with Crippen LogP contribution >= 0.6 is 23.2 Å². The number of pyridine rings is 1. The molecule has 1 saturated heterocycles. The predicted molar refractivity (Wildman–Crippen MR) is 150 cm³/mol. The van der Waals surface area contributed by atoms with Crippen LogP contribution in [0.15, 0.2) is 73.2 Å². The number of hydrogen-bond acceptors (Lipinski definition) is 5. The van der Waals surface area contributed by atoms with E-state index in [9.17, 15) is 10.0 Å². The Morgan fingerprint density at radius 3 is 2.39 bits per heavy atom. The normalized spacial score (nSPS) is 19.2. The quantitative estimate of drug-likeness (QED) is 0.163. The average molecular weight is 548 g/mol. The molecule has 5 rings (SSSR count). The summed E-state index contributed by atoms with van der Waals surface area (Å²) in [6.45, 7) is 3.46. The van der Waals surface area contributed by atoms with Gasteiger partial charge in [-0.25, -0.2) is 15.0 Å². The lowest BCUT2D eigenvalue weighted by Gasteiger charge is -2.47. The van der Waals surface area contributed by atoms with Crippen LogP contribution in [0.1, 0.15) is 45.8 Å². The van der Waals surface area contributed by atoms with Gasteiger partial charge < -0.3 is 15.2 Å². The van der Waals surface area contributed by atoms with E-state index in [1.165, 1.54) is 6.20 Å². The summed E-state index contributed by atoms with van der Waals surface area (Å²) in [6, 6.07) is 17.0. The number of benzene rings is 2. The molecule has 1 amide bonds. The van der Waals surface area contributed by atoms with E-state index in [1.807, 2.05) is 43.3 Å². The van der Waals surface area contributed by atoms with Gasteiger partial charge in [-0.1, -0.05) is 65.2 Å². The summed E-state index contributed by atoms with van der Waals surface area (Å²) in [6.07, 6.45) is 6.14. The largest absolute Gasteiger partial charge is 0.633 e. The van der Waals surface area contributed by atoms with Crippen LogP contribution in [0.4, 0.5) is 5.69 Å². The highest BCUT2D eigenvalue weighted by Crippen LogP contribution is 2.37. The minimum atomic E-state index is -0.268.